The molecule has 1 aromatic heterocycles. The molecule has 3 saturated carbocycles. The van der Waals surface area contributed by atoms with Gasteiger partial charge in [-0.05, 0) is 93.9 Å². The fourth-order valence-corrected chi connectivity index (χ4v) is 12.7. The van der Waals surface area contributed by atoms with Gasteiger partial charge in [0.1, 0.15) is 29.5 Å². The van der Waals surface area contributed by atoms with Crippen molar-refractivity contribution in [3.8, 4) is 0 Å². The zero-order valence-corrected chi connectivity index (χ0v) is 28.0. The summed E-state index contributed by atoms with van der Waals surface area (Å²) in [5.74, 6) is -1.84. The largest absolute Gasteiger partial charge is 0.387 e. The van der Waals surface area contributed by atoms with Crippen LogP contribution in [0.15, 0.2) is 30.4 Å². The summed E-state index contributed by atoms with van der Waals surface area (Å²) in [4.78, 5) is 3.79. The number of epoxide rings is 1. The highest BCUT2D eigenvalue weighted by Crippen LogP contribution is 2.75. The van der Waals surface area contributed by atoms with Crippen molar-refractivity contribution >= 4 is 22.5 Å². The Bertz CT molecular complexity index is 1820. The van der Waals surface area contributed by atoms with E-state index in [2.05, 4.69) is 32.0 Å². The van der Waals surface area contributed by atoms with Crippen molar-refractivity contribution in [1.82, 2.24) is 4.98 Å². The van der Waals surface area contributed by atoms with E-state index >= 15 is 0 Å². The molecule has 0 radical (unpaired) electrons. The van der Waals surface area contributed by atoms with Gasteiger partial charge in [0.15, 0.2) is 12.1 Å². The second kappa shape index (κ2) is 8.16. The molecule has 1 aromatic carbocycles. The molecule has 2 saturated heterocycles. The fraction of sp³-hybridized carbons (Fsp3) is 0.676. The Morgan fingerprint density at radius 2 is 1.83 bits per heavy atom. The third kappa shape index (κ3) is 2.83. The Balaban J connectivity index is 1.21. The summed E-state index contributed by atoms with van der Waals surface area (Å²) in [6, 6.07) is 1.96. The lowest BCUT2D eigenvalue weighted by Gasteiger charge is -2.67. The van der Waals surface area contributed by atoms with Crippen molar-refractivity contribution in [1.29, 1.82) is 0 Å². The number of rotatable bonds is 1. The quantitative estimate of drug-likeness (QED) is 0.235. The summed E-state index contributed by atoms with van der Waals surface area (Å²) in [5, 5.41) is 38.5. The number of fused-ring (bicyclic) bond motifs is 4. The number of halogens is 1. The molecule has 0 bridgehead atoms. The number of aliphatic hydroxyl groups excluding tert-OH is 1. The van der Waals surface area contributed by atoms with Crippen LogP contribution in [0.25, 0.3) is 10.9 Å². The lowest BCUT2D eigenvalue weighted by atomic mass is 9.42. The summed E-state index contributed by atoms with van der Waals surface area (Å²) in [7, 11) is 0. The zero-order chi connectivity index (χ0) is 32.3. The molecular formula is C37H44ClNO7. The third-order valence-electron chi connectivity index (χ3n) is 14.9. The summed E-state index contributed by atoms with van der Waals surface area (Å²) in [5.41, 5.74) is 2.14. The van der Waals surface area contributed by atoms with Crippen LogP contribution >= 0.6 is 11.6 Å². The highest BCUT2D eigenvalue weighted by atomic mass is 35.5. The monoisotopic (exact) mass is 649 g/mol. The minimum Gasteiger partial charge on any atom is -0.387 e. The highest BCUT2D eigenvalue weighted by Gasteiger charge is 2.82. The average molecular weight is 650 g/mol. The molecular weight excluding hydrogens is 606 g/mol. The molecule has 4 N–H and O–H groups in total. The van der Waals surface area contributed by atoms with Crippen molar-refractivity contribution in [2.75, 3.05) is 0 Å². The first kappa shape index (κ1) is 29.2. The SMILES string of the molecule is C=C(C)[C@H]1OC2CC[C@@]3(C)C(CC[C@]4(O)O[C@@H]5OC(C)(C)[C@H]6C[C@@H]7C(=C)Cc8c(Cl)cc9[nH]c(c5c9c8[C@@]76O)[C@]34C)[C@]23O[C@@H]3[C@H]1O. The lowest BCUT2D eigenvalue weighted by Crippen LogP contribution is -2.73. The Morgan fingerprint density at radius 3 is 2.57 bits per heavy atom. The maximum Gasteiger partial charge on any atom is 0.190 e. The molecule has 8 nitrogen and oxygen atoms in total. The van der Waals surface area contributed by atoms with Crippen LogP contribution in [0.3, 0.4) is 0 Å². The average Bonchev–Trinajstić information content (AvgIpc) is 3.59. The molecule has 2 unspecified atom stereocenters. The first-order chi connectivity index (χ1) is 21.5. The van der Waals surface area contributed by atoms with E-state index in [-0.39, 0.29) is 30.0 Å². The topological polar surface area (TPSA) is 117 Å². The maximum atomic E-state index is 12.9. The van der Waals surface area contributed by atoms with Crippen LogP contribution in [0.5, 0.6) is 0 Å². The molecule has 0 amide bonds. The van der Waals surface area contributed by atoms with Crippen LogP contribution in [0, 0.1) is 23.2 Å². The number of aromatic nitrogens is 1. The van der Waals surface area contributed by atoms with Crippen molar-refractivity contribution in [2.24, 2.45) is 23.2 Å². The molecule has 9 heteroatoms. The first-order valence-corrected chi connectivity index (χ1v) is 17.4. The zero-order valence-electron chi connectivity index (χ0n) is 27.2. The minimum absolute atomic E-state index is 0.00942. The van der Waals surface area contributed by atoms with Crippen molar-refractivity contribution in [3.63, 3.8) is 0 Å². The predicted octanol–water partition coefficient (Wildman–Crippen LogP) is 5.59. The summed E-state index contributed by atoms with van der Waals surface area (Å²) < 4.78 is 27.0. The number of hydrogen-bond donors (Lipinski definition) is 4. The number of ether oxygens (including phenoxy) is 4. The molecule has 8 aliphatic rings. The predicted molar refractivity (Wildman–Crippen MR) is 170 cm³/mol. The second-order valence-corrected chi connectivity index (χ2v) is 17.4. The number of aromatic amines is 1. The number of hydrogen-bond acceptors (Lipinski definition) is 7. The van der Waals surface area contributed by atoms with Gasteiger partial charge in [-0.3, -0.25) is 0 Å². The molecule has 4 aliphatic carbocycles. The van der Waals surface area contributed by atoms with Gasteiger partial charge in [0.05, 0.1) is 17.1 Å². The smallest absolute Gasteiger partial charge is 0.190 e. The standard InChI is InChI=1S/C37H44ClNO7/c1-15(2)28-27(40)30-37(44-30)21-8-11-35(41)34(7,33(21,6)10-9-23(37)43-28)29-25-24-20(39-29)14-19(38)17-12-16(3)18-13-22(36(18,42)26(17)24)32(4,5)45-31(25)46-35/h14,18,21-23,27-28,30-31,39-42H,1,3,8-13H2,2,4-7H3/t18-,21?,22-,23?,27+,28-,30-,31+,33+,34-,35+,36-,37+/m1/s1. The molecule has 46 heavy (non-hydrogen) atoms. The number of aliphatic hydroxyl groups is 3. The van der Waals surface area contributed by atoms with E-state index in [0.717, 1.165) is 63.7 Å². The van der Waals surface area contributed by atoms with E-state index in [1.54, 1.807) is 0 Å². The highest BCUT2D eigenvalue weighted by molar-refractivity contribution is 6.32. The number of H-pyrrole nitrogens is 1. The van der Waals surface area contributed by atoms with Gasteiger partial charge >= 0.3 is 0 Å². The molecule has 13 atom stereocenters. The Kier molecular flexibility index (Phi) is 5.18. The van der Waals surface area contributed by atoms with Gasteiger partial charge < -0.3 is 39.3 Å². The molecule has 4 aliphatic heterocycles. The van der Waals surface area contributed by atoms with E-state index in [4.69, 9.17) is 30.5 Å². The van der Waals surface area contributed by atoms with Crippen molar-refractivity contribution in [2.45, 2.75) is 132 Å². The maximum absolute atomic E-state index is 12.9. The number of nitrogens with one attached hydrogen (secondary N) is 1. The van der Waals surface area contributed by atoms with E-state index < -0.39 is 51.9 Å². The van der Waals surface area contributed by atoms with Gasteiger partial charge in [-0.1, -0.05) is 37.3 Å². The van der Waals surface area contributed by atoms with Gasteiger partial charge in [0.2, 0.25) is 0 Å². The summed E-state index contributed by atoms with van der Waals surface area (Å²) >= 11 is 7.06. The summed E-state index contributed by atoms with van der Waals surface area (Å²) in [6.07, 6.45) is 1.31. The van der Waals surface area contributed by atoms with Gasteiger partial charge in [-0.15, -0.1) is 0 Å². The fourth-order valence-electron chi connectivity index (χ4n) is 12.4. The second-order valence-electron chi connectivity index (χ2n) is 17.0. The van der Waals surface area contributed by atoms with E-state index in [0.29, 0.717) is 24.3 Å². The van der Waals surface area contributed by atoms with Crippen molar-refractivity contribution in [3.05, 3.63) is 57.8 Å². The van der Waals surface area contributed by atoms with Gasteiger partial charge in [-0.25, -0.2) is 0 Å². The van der Waals surface area contributed by atoms with Crippen LogP contribution in [-0.2, 0) is 36.4 Å². The Morgan fingerprint density at radius 1 is 1.07 bits per heavy atom. The molecule has 10 rings (SSSR count). The first-order valence-electron chi connectivity index (χ1n) is 17.1. The molecule has 246 valence electrons. The van der Waals surface area contributed by atoms with Crippen LogP contribution in [0.2, 0.25) is 5.02 Å². The van der Waals surface area contributed by atoms with Gasteiger partial charge in [0.25, 0.3) is 0 Å². The van der Waals surface area contributed by atoms with E-state index in [1.165, 1.54) is 0 Å². The number of benzene rings is 1. The lowest BCUT2D eigenvalue weighted by molar-refractivity contribution is -0.392. The van der Waals surface area contributed by atoms with Crippen LogP contribution < -0.4 is 0 Å². The molecule has 2 aromatic rings. The minimum atomic E-state index is -1.55. The third-order valence-corrected chi connectivity index (χ3v) is 15.2. The molecule has 5 fully saturated rings. The molecule has 5 heterocycles. The van der Waals surface area contributed by atoms with Crippen LogP contribution in [0.1, 0.15) is 95.4 Å². The van der Waals surface area contributed by atoms with Gasteiger partial charge in [0, 0.05) is 45.4 Å². The normalized spacial score (nSPS) is 51.9. The molecule has 1 spiro atoms. The van der Waals surface area contributed by atoms with Crippen LogP contribution in [-0.4, -0.2) is 61.7 Å². The van der Waals surface area contributed by atoms with Crippen molar-refractivity contribution < 1.29 is 34.3 Å². The Labute approximate surface area is 274 Å². The van der Waals surface area contributed by atoms with Crippen LogP contribution in [0.4, 0.5) is 0 Å². The van der Waals surface area contributed by atoms with Gasteiger partial charge in [-0.2, -0.15) is 0 Å². The summed E-state index contributed by atoms with van der Waals surface area (Å²) in [6.45, 7) is 18.8. The van der Waals surface area contributed by atoms with E-state index in [9.17, 15) is 15.3 Å². The van der Waals surface area contributed by atoms with E-state index in [1.807, 2.05) is 26.8 Å². The Hall–Kier alpha value is -1.75.